The number of carboxylic acids is 1. The third-order valence-electron chi connectivity index (χ3n) is 3.13. The number of aromatic amines is 1. The molecule has 8 heteroatoms. The van der Waals surface area contributed by atoms with Crippen LogP contribution in [0.2, 0.25) is 0 Å². The van der Waals surface area contributed by atoms with Crippen LogP contribution in [0.1, 0.15) is 18.5 Å². The first-order chi connectivity index (χ1) is 8.43. The van der Waals surface area contributed by atoms with Crippen LogP contribution in [0.25, 0.3) is 0 Å². The van der Waals surface area contributed by atoms with Crippen LogP contribution in [0.3, 0.4) is 0 Å². The lowest BCUT2D eigenvalue weighted by Crippen LogP contribution is -2.42. The summed E-state index contributed by atoms with van der Waals surface area (Å²) in [4.78, 5) is 11.1. The molecule has 0 saturated carbocycles. The summed E-state index contributed by atoms with van der Waals surface area (Å²) in [5.74, 6) is -1.57. The topological polar surface area (TPSA) is 103 Å². The first-order valence-electron chi connectivity index (χ1n) is 5.66. The average molecular weight is 273 g/mol. The van der Waals surface area contributed by atoms with Crippen molar-refractivity contribution in [2.45, 2.75) is 24.7 Å². The van der Waals surface area contributed by atoms with Crippen molar-refractivity contribution < 1.29 is 18.3 Å². The molecule has 1 aromatic rings. The molecule has 2 N–H and O–H groups in total. The van der Waals surface area contributed by atoms with E-state index in [2.05, 4.69) is 10.2 Å². The zero-order valence-corrected chi connectivity index (χ0v) is 10.8. The molecule has 1 aliphatic heterocycles. The van der Waals surface area contributed by atoms with Gasteiger partial charge in [0.15, 0.2) is 0 Å². The lowest BCUT2D eigenvalue weighted by Gasteiger charge is -2.29. The van der Waals surface area contributed by atoms with Crippen molar-refractivity contribution in [1.29, 1.82) is 0 Å². The fourth-order valence-electron chi connectivity index (χ4n) is 2.10. The third kappa shape index (κ3) is 2.25. The molecule has 0 aliphatic carbocycles. The van der Waals surface area contributed by atoms with Gasteiger partial charge in [-0.2, -0.15) is 9.40 Å². The van der Waals surface area contributed by atoms with Gasteiger partial charge in [0.1, 0.15) is 4.90 Å². The van der Waals surface area contributed by atoms with Crippen LogP contribution in [0.5, 0.6) is 0 Å². The minimum absolute atomic E-state index is 0.0300. The van der Waals surface area contributed by atoms with Crippen LogP contribution >= 0.6 is 0 Å². The van der Waals surface area contributed by atoms with Gasteiger partial charge in [-0.1, -0.05) is 0 Å². The van der Waals surface area contributed by atoms with Gasteiger partial charge in [-0.25, -0.2) is 8.42 Å². The number of hydrogen-bond donors (Lipinski definition) is 2. The van der Waals surface area contributed by atoms with Crippen molar-refractivity contribution in [2.24, 2.45) is 5.92 Å². The molecule has 0 spiro atoms. The van der Waals surface area contributed by atoms with E-state index in [9.17, 15) is 13.2 Å². The molecule has 2 rings (SSSR count). The quantitative estimate of drug-likeness (QED) is 0.819. The maximum atomic E-state index is 12.3. The molecule has 1 atom stereocenters. The summed E-state index contributed by atoms with van der Waals surface area (Å²) in [6, 6.07) is 0. The Balaban J connectivity index is 2.26. The highest BCUT2D eigenvalue weighted by Crippen LogP contribution is 2.24. The summed E-state index contributed by atoms with van der Waals surface area (Å²) in [6.07, 6.45) is 2.34. The zero-order chi connectivity index (χ0) is 13.3. The number of carbonyl (C=O) groups is 1. The molecule has 2 heterocycles. The number of carboxylic acid groups (broad SMARTS) is 1. The van der Waals surface area contributed by atoms with Crippen LogP contribution in [0, 0.1) is 12.8 Å². The number of nitrogens with zero attached hydrogens (tertiary/aromatic N) is 2. The summed E-state index contributed by atoms with van der Waals surface area (Å²) in [7, 11) is -3.64. The molecule has 1 aliphatic rings. The molecular weight excluding hydrogens is 258 g/mol. The Bertz CT molecular complexity index is 551. The number of rotatable bonds is 3. The number of sulfonamides is 1. The molecule has 18 heavy (non-hydrogen) atoms. The van der Waals surface area contributed by atoms with E-state index in [4.69, 9.17) is 5.11 Å². The Morgan fingerprint density at radius 2 is 2.33 bits per heavy atom. The molecule has 0 bridgehead atoms. The van der Waals surface area contributed by atoms with Gasteiger partial charge in [0, 0.05) is 13.1 Å². The van der Waals surface area contributed by atoms with E-state index in [1.807, 2.05) is 0 Å². The maximum absolute atomic E-state index is 12.3. The monoisotopic (exact) mass is 273 g/mol. The third-order valence-corrected chi connectivity index (χ3v) is 5.11. The van der Waals surface area contributed by atoms with E-state index in [1.54, 1.807) is 6.92 Å². The lowest BCUT2D eigenvalue weighted by molar-refractivity contribution is -0.142. The van der Waals surface area contributed by atoms with E-state index < -0.39 is 21.9 Å². The second kappa shape index (κ2) is 4.69. The fraction of sp³-hybridized carbons (Fsp3) is 0.600. The Kier molecular flexibility index (Phi) is 3.40. The molecule has 100 valence electrons. The van der Waals surface area contributed by atoms with Crippen LogP contribution in [-0.4, -0.2) is 47.1 Å². The second-order valence-corrected chi connectivity index (χ2v) is 6.31. The van der Waals surface area contributed by atoms with Gasteiger partial charge in [0.2, 0.25) is 10.0 Å². The van der Waals surface area contributed by atoms with Crippen molar-refractivity contribution in [2.75, 3.05) is 13.1 Å². The average Bonchev–Trinajstić information content (AvgIpc) is 2.76. The van der Waals surface area contributed by atoms with Gasteiger partial charge in [0.25, 0.3) is 0 Å². The van der Waals surface area contributed by atoms with Gasteiger partial charge in [-0.3, -0.25) is 9.89 Å². The maximum Gasteiger partial charge on any atom is 0.307 e. The predicted octanol–water partition coefficient (Wildman–Crippen LogP) is 0.203. The van der Waals surface area contributed by atoms with Crippen LogP contribution < -0.4 is 0 Å². The Morgan fingerprint density at radius 3 is 2.89 bits per heavy atom. The molecule has 0 amide bonds. The van der Waals surface area contributed by atoms with Crippen molar-refractivity contribution in [3.63, 3.8) is 0 Å². The number of piperidine rings is 1. The van der Waals surface area contributed by atoms with Gasteiger partial charge < -0.3 is 5.11 Å². The molecule has 1 unspecified atom stereocenters. The summed E-state index contributed by atoms with van der Waals surface area (Å²) >= 11 is 0. The molecule has 0 aromatic carbocycles. The number of aryl methyl sites for hydroxylation is 1. The van der Waals surface area contributed by atoms with Crippen molar-refractivity contribution in [3.05, 3.63) is 11.9 Å². The Morgan fingerprint density at radius 1 is 1.61 bits per heavy atom. The number of H-pyrrole nitrogens is 1. The van der Waals surface area contributed by atoms with Crippen LogP contribution in [0.15, 0.2) is 11.1 Å². The highest BCUT2D eigenvalue weighted by atomic mass is 32.2. The first kappa shape index (κ1) is 13.0. The summed E-state index contributed by atoms with van der Waals surface area (Å²) < 4.78 is 25.8. The fourth-order valence-corrected chi connectivity index (χ4v) is 3.74. The first-order valence-corrected chi connectivity index (χ1v) is 7.10. The Labute approximate surface area is 105 Å². The molecule has 0 radical (unpaired) electrons. The predicted molar refractivity (Wildman–Crippen MR) is 62.4 cm³/mol. The summed E-state index contributed by atoms with van der Waals surface area (Å²) in [5.41, 5.74) is 0.465. The Hall–Kier alpha value is -1.41. The largest absolute Gasteiger partial charge is 0.481 e. The number of hydrogen-bond acceptors (Lipinski definition) is 4. The molecule has 1 aromatic heterocycles. The summed E-state index contributed by atoms with van der Waals surface area (Å²) in [6.45, 7) is 2.01. The molecule has 7 nitrogen and oxygen atoms in total. The van der Waals surface area contributed by atoms with E-state index in [-0.39, 0.29) is 11.4 Å². The normalized spacial score (nSPS) is 21.9. The standard InChI is InChI=1S/C10H15N3O4S/c1-7-9(5-11-12-7)18(16,17)13-4-2-3-8(6-13)10(14)15/h5,8H,2-4,6H2,1H3,(H,11,12)(H,14,15). The van der Waals surface area contributed by atoms with Crippen molar-refractivity contribution in [3.8, 4) is 0 Å². The minimum atomic E-state index is -3.64. The number of aliphatic carboxylic acids is 1. The zero-order valence-electron chi connectivity index (χ0n) is 9.96. The second-order valence-electron chi connectivity index (χ2n) is 4.40. The van der Waals surface area contributed by atoms with Crippen molar-refractivity contribution in [1.82, 2.24) is 14.5 Å². The van der Waals surface area contributed by atoms with Crippen LogP contribution in [0.4, 0.5) is 0 Å². The van der Waals surface area contributed by atoms with E-state index in [0.717, 1.165) is 0 Å². The molecular formula is C10H15N3O4S. The van der Waals surface area contributed by atoms with Crippen LogP contribution in [-0.2, 0) is 14.8 Å². The lowest BCUT2D eigenvalue weighted by atomic mass is 10.0. The van der Waals surface area contributed by atoms with Gasteiger partial charge in [-0.05, 0) is 19.8 Å². The smallest absolute Gasteiger partial charge is 0.307 e. The van der Waals surface area contributed by atoms with E-state index in [1.165, 1.54) is 10.5 Å². The van der Waals surface area contributed by atoms with E-state index >= 15 is 0 Å². The number of aromatic nitrogens is 2. The van der Waals surface area contributed by atoms with Gasteiger partial charge >= 0.3 is 5.97 Å². The molecule has 1 saturated heterocycles. The van der Waals surface area contributed by atoms with Crippen molar-refractivity contribution >= 4 is 16.0 Å². The summed E-state index contributed by atoms with van der Waals surface area (Å²) in [5, 5.41) is 15.2. The number of nitrogens with one attached hydrogen (secondary N) is 1. The highest BCUT2D eigenvalue weighted by Gasteiger charge is 2.34. The molecule has 1 fully saturated rings. The highest BCUT2D eigenvalue weighted by molar-refractivity contribution is 7.89. The van der Waals surface area contributed by atoms with Gasteiger partial charge in [0.05, 0.1) is 17.8 Å². The van der Waals surface area contributed by atoms with Gasteiger partial charge in [-0.15, -0.1) is 0 Å². The SMILES string of the molecule is Cc1[nH]ncc1S(=O)(=O)N1CCCC(C(=O)O)C1. The van der Waals surface area contributed by atoms with E-state index in [0.29, 0.717) is 25.1 Å². The minimum Gasteiger partial charge on any atom is -0.481 e.